The zero-order valence-corrected chi connectivity index (χ0v) is 8.41. The Balaban J connectivity index is 3.09. The number of hydrogen-bond donors (Lipinski definition) is 1. The molecule has 1 aromatic carbocycles. The third-order valence-electron chi connectivity index (χ3n) is 1.81. The molecule has 0 saturated carbocycles. The van der Waals surface area contributed by atoms with Gasteiger partial charge in [-0.2, -0.15) is 0 Å². The third-order valence-corrected chi connectivity index (χ3v) is 1.81. The van der Waals surface area contributed by atoms with Gasteiger partial charge in [0.25, 0.3) is 5.69 Å². The number of methoxy groups -OCH3 is 1. The van der Waals surface area contributed by atoms with E-state index in [0.717, 1.165) is 0 Å². The summed E-state index contributed by atoms with van der Waals surface area (Å²) in [5, 5.41) is 19.2. The van der Waals surface area contributed by atoms with E-state index in [2.05, 4.69) is 4.74 Å². The number of ether oxygens (including phenoxy) is 1. The summed E-state index contributed by atoms with van der Waals surface area (Å²) in [4.78, 5) is 20.6. The topological polar surface area (TPSA) is 89.7 Å². The Labute approximate surface area is 90.9 Å². The van der Waals surface area contributed by atoms with Gasteiger partial charge in [-0.1, -0.05) is 12.1 Å². The van der Waals surface area contributed by atoms with Crippen molar-refractivity contribution in [1.82, 2.24) is 0 Å². The van der Waals surface area contributed by atoms with E-state index in [4.69, 9.17) is 5.11 Å². The van der Waals surface area contributed by atoms with E-state index in [9.17, 15) is 14.9 Å². The molecule has 0 spiro atoms. The molecule has 0 aromatic heterocycles. The predicted molar refractivity (Wildman–Crippen MR) is 55.7 cm³/mol. The van der Waals surface area contributed by atoms with Crippen LogP contribution in [0.1, 0.15) is 5.56 Å². The molecular formula is C10H9NO5. The SMILES string of the molecule is CO/C(=C/c1cccc([N+](=O)[O-])c1)C(=O)O. The molecule has 0 heterocycles. The van der Waals surface area contributed by atoms with Crippen LogP contribution in [0.25, 0.3) is 6.08 Å². The number of carboxylic acids is 1. The van der Waals surface area contributed by atoms with E-state index >= 15 is 0 Å². The zero-order valence-electron chi connectivity index (χ0n) is 8.41. The highest BCUT2D eigenvalue weighted by atomic mass is 16.6. The summed E-state index contributed by atoms with van der Waals surface area (Å²) >= 11 is 0. The number of hydrogen-bond acceptors (Lipinski definition) is 4. The fraction of sp³-hybridized carbons (Fsp3) is 0.100. The van der Waals surface area contributed by atoms with Crippen molar-refractivity contribution in [3.8, 4) is 0 Å². The van der Waals surface area contributed by atoms with E-state index in [1.165, 1.54) is 31.4 Å². The van der Waals surface area contributed by atoms with E-state index in [-0.39, 0.29) is 11.4 Å². The second kappa shape index (κ2) is 4.92. The molecule has 16 heavy (non-hydrogen) atoms. The van der Waals surface area contributed by atoms with Crippen LogP contribution < -0.4 is 0 Å². The van der Waals surface area contributed by atoms with Gasteiger partial charge in [0, 0.05) is 12.1 Å². The van der Waals surface area contributed by atoms with Crippen molar-refractivity contribution in [3.05, 3.63) is 45.7 Å². The summed E-state index contributed by atoms with van der Waals surface area (Å²) in [6.07, 6.45) is 1.22. The average molecular weight is 223 g/mol. The van der Waals surface area contributed by atoms with E-state index in [1.807, 2.05) is 0 Å². The number of benzene rings is 1. The molecule has 0 aliphatic rings. The minimum Gasteiger partial charge on any atom is -0.490 e. The maximum atomic E-state index is 10.6. The van der Waals surface area contributed by atoms with Crippen LogP contribution in [0.2, 0.25) is 0 Å². The molecule has 0 atom stereocenters. The monoisotopic (exact) mass is 223 g/mol. The van der Waals surface area contributed by atoms with Gasteiger partial charge in [-0.05, 0) is 11.6 Å². The first-order chi connectivity index (χ1) is 7.54. The summed E-state index contributed by atoms with van der Waals surface area (Å²) in [7, 11) is 1.22. The molecule has 0 unspecified atom stereocenters. The molecule has 0 amide bonds. The quantitative estimate of drug-likeness (QED) is 0.363. The molecule has 6 heteroatoms. The van der Waals surface area contributed by atoms with Crippen molar-refractivity contribution in [1.29, 1.82) is 0 Å². The van der Waals surface area contributed by atoms with Gasteiger partial charge in [-0.15, -0.1) is 0 Å². The number of carboxylic acid groups (broad SMARTS) is 1. The summed E-state index contributed by atoms with van der Waals surface area (Å²) in [5.74, 6) is -1.51. The Kier molecular flexibility index (Phi) is 3.60. The summed E-state index contributed by atoms with van der Waals surface area (Å²) < 4.78 is 4.61. The summed E-state index contributed by atoms with van der Waals surface area (Å²) in [6, 6.07) is 5.61. The molecule has 0 bridgehead atoms. The number of aliphatic carboxylic acids is 1. The number of nitro benzene ring substituents is 1. The van der Waals surface area contributed by atoms with Crippen molar-refractivity contribution < 1.29 is 19.6 Å². The van der Waals surface area contributed by atoms with Crippen LogP contribution in [0.4, 0.5) is 5.69 Å². The first-order valence-electron chi connectivity index (χ1n) is 4.28. The second-order valence-electron chi connectivity index (χ2n) is 2.87. The molecule has 6 nitrogen and oxygen atoms in total. The van der Waals surface area contributed by atoms with E-state index in [1.54, 1.807) is 6.07 Å². The van der Waals surface area contributed by atoms with Crippen LogP contribution >= 0.6 is 0 Å². The standard InChI is InChI=1S/C10H9NO5/c1-16-9(10(12)13)6-7-3-2-4-8(5-7)11(14)15/h2-6H,1H3,(H,12,13)/b9-6+. The molecule has 1 aromatic rings. The van der Waals surface area contributed by atoms with Gasteiger partial charge in [0.15, 0.2) is 0 Å². The van der Waals surface area contributed by atoms with Crippen molar-refractivity contribution >= 4 is 17.7 Å². The fourth-order valence-corrected chi connectivity index (χ4v) is 1.09. The van der Waals surface area contributed by atoms with Gasteiger partial charge in [-0.25, -0.2) is 4.79 Å². The van der Waals surface area contributed by atoms with Crippen LogP contribution in [0.5, 0.6) is 0 Å². The predicted octanol–water partition coefficient (Wildman–Crippen LogP) is 1.67. The zero-order chi connectivity index (χ0) is 12.1. The van der Waals surface area contributed by atoms with Crippen molar-refractivity contribution in [2.45, 2.75) is 0 Å². The van der Waals surface area contributed by atoms with Crippen LogP contribution in [-0.4, -0.2) is 23.1 Å². The Morgan fingerprint density at radius 3 is 2.75 bits per heavy atom. The van der Waals surface area contributed by atoms with Gasteiger partial charge in [0.1, 0.15) is 0 Å². The van der Waals surface area contributed by atoms with Crippen LogP contribution in [-0.2, 0) is 9.53 Å². The number of nitrogens with zero attached hydrogens (tertiary/aromatic N) is 1. The lowest BCUT2D eigenvalue weighted by Gasteiger charge is -2.00. The highest BCUT2D eigenvalue weighted by Crippen LogP contribution is 2.15. The lowest BCUT2D eigenvalue weighted by atomic mass is 10.2. The third kappa shape index (κ3) is 2.81. The first-order valence-corrected chi connectivity index (χ1v) is 4.28. The first kappa shape index (κ1) is 11.7. The number of non-ortho nitro benzene ring substituents is 1. The summed E-state index contributed by atoms with van der Waals surface area (Å²) in [6.45, 7) is 0. The molecule has 0 aliphatic carbocycles. The lowest BCUT2D eigenvalue weighted by molar-refractivity contribution is -0.384. The maximum absolute atomic E-state index is 10.6. The normalized spacial score (nSPS) is 10.9. The van der Waals surface area contributed by atoms with Crippen molar-refractivity contribution in [3.63, 3.8) is 0 Å². The molecule has 0 radical (unpaired) electrons. The molecule has 1 N–H and O–H groups in total. The fourth-order valence-electron chi connectivity index (χ4n) is 1.09. The van der Waals surface area contributed by atoms with Gasteiger partial charge in [0.2, 0.25) is 5.76 Å². The minimum atomic E-state index is -1.23. The second-order valence-corrected chi connectivity index (χ2v) is 2.87. The minimum absolute atomic E-state index is 0.102. The van der Waals surface area contributed by atoms with Crippen molar-refractivity contribution in [2.24, 2.45) is 0 Å². The lowest BCUT2D eigenvalue weighted by Crippen LogP contribution is -2.01. The summed E-state index contributed by atoms with van der Waals surface area (Å²) in [5.41, 5.74) is 0.294. The average Bonchev–Trinajstić information content (AvgIpc) is 2.25. The largest absolute Gasteiger partial charge is 0.490 e. The Bertz CT molecular complexity index is 452. The Hall–Kier alpha value is -2.37. The van der Waals surface area contributed by atoms with Gasteiger partial charge in [-0.3, -0.25) is 10.1 Å². The van der Waals surface area contributed by atoms with Gasteiger partial charge < -0.3 is 9.84 Å². The van der Waals surface area contributed by atoms with Crippen molar-refractivity contribution in [2.75, 3.05) is 7.11 Å². The van der Waals surface area contributed by atoms with Gasteiger partial charge in [0.05, 0.1) is 12.0 Å². The molecule has 0 saturated heterocycles. The van der Waals surface area contributed by atoms with Gasteiger partial charge >= 0.3 is 5.97 Å². The number of rotatable bonds is 4. The van der Waals surface area contributed by atoms with Crippen LogP contribution in [0.3, 0.4) is 0 Å². The molecule has 1 rings (SSSR count). The maximum Gasteiger partial charge on any atom is 0.371 e. The number of nitro groups is 1. The van der Waals surface area contributed by atoms with Crippen LogP contribution in [0, 0.1) is 10.1 Å². The molecule has 0 fully saturated rings. The smallest absolute Gasteiger partial charge is 0.371 e. The molecule has 0 aliphatic heterocycles. The molecular weight excluding hydrogens is 214 g/mol. The van der Waals surface area contributed by atoms with E-state index in [0.29, 0.717) is 5.56 Å². The van der Waals surface area contributed by atoms with E-state index < -0.39 is 10.9 Å². The number of carbonyl (C=O) groups is 1. The Morgan fingerprint density at radius 1 is 1.56 bits per heavy atom. The molecule has 84 valence electrons. The van der Waals surface area contributed by atoms with Crippen LogP contribution in [0.15, 0.2) is 30.0 Å². The highest BCUT2D eigenvalue weighted by molar-refractivity contribution is 5.89. The highest BCUT2D eigenvalue weighted by Gasteiger charge is 2.09. The Morgan fingerprint density at radius 2 is 2.25 bits per heavy atom.